The highest BCUT2D eigenvalue weighted by atomic mass is 19.1. The summed E-state index contributed by atoms with van der Waals surface area (Å²) in [6.07, 6.45) is 1.27. The Morgan fingerprint density at radius 3 is 2.71 bits per heavy atom. The van der Waals surface area contributed by atoms with Crippen molar-refractivity contribution < 1.29 is 13.9 Å². The van der Waals surface area contributed by atoms with Crippen molar-refractivity contribution in [1.29, 1.82) is 0 Å². The van der Waals surface area contributed by atoms with Gasteiger partial charge in [0.2, 0.25) is 5.91 Å². The van der Waals surface area contributed by atoms with Crippen LogP contribution < -0.4 is 10.2 Å². The average molecular weight is 384 g/mol. The number of aryl methyl sites for hydroxylation is 2. The Hall–Kier alpha value is -2.40. The van der Waals surface area contributed by atoms with Crippen LogP contribution >= 0.6 is 0 Å². The minimum absolute atomic E-state index is 0.0148. The van der Waals surface area contributed by atoms with E-state index in [1.54, 1.807) is 6.07 Å². The van der Waals surface area contributed by atoms with Crippen molar-refractivity contribution in [2.24, 2.45) is 0 Å². The van der Waals surface area contributed by atoms with E-state index >= 15 is 0 Å². The number of nitrogens with zero attached hydrogens (tertiary/aromatic N) is 1. The lowest BCUT2D eigenvalue weighted by atomic mass is 9.90. The maximum Gasteiger partial charge on any atom is 0.226 e. The van der Waals surface area contributed by atoms with Crippen LogP contribution in [0.15, 0.2) is 24.3 Å². The highest BCUT2D eigenvalue weighted by Crippen LogP contribution is 2.33. The molecule has 0 saturated carbocycles. The zero-order valence-electron chi connectivity index (χ0n) is 17.2. The lowest BCUT2D eigenvalue weighted by Gasteiger charge is -2.33. The van der Waals surface area contributed by atoms with E-state index in [9.17, 15) is 9.18 Å². The molecule has 4 nitrogen and oxygen atoms in total. The van der Waals surface area contributed by atoms with E-state index in [2.05, 4.69) is 23.2 Å². The van der Waals surface area contributed by atoms with Crippen LogP contribution in [-0.2, 0) is 22.5 Å². The summed E-state index contributed by atoms with van der Waals surface area (Å²) < 4.78 is 18.7. The molecule has 1 aliphatic rings. The molecule has 0 aromatic heterocycles. The Morgan fingerprint density at radius 2 is 2.00 bits per heavy atom. The molecular formula is C23H29FN2O2. The zero-order valence-corrected chi connectivity index (χ0v) is 17.2. The molecule has 0 atom stereocenters. The van der Waals surface area contributed by atoms with E-state index in [-0.39, 0.29) is 11.7 Å². The first-order valence-electron chi connectivity index (χ1n) is 9.91. The van der Waals surface area contributed by atoms with Crippen molar-refractivity contribution in [3.63, 3.8) is 0 Å². The van der Waals surface area contributed by atoms with Crippen LogP contribution in [-0.4, -0.2) is 25.7 Å². The maximum absolute atomic E-state index is 13.4. The summed E-state index contributed by atoms with van der Waals surface area (Å²) in [5, 5.41) is 3.07. The Balaban J connectivity index is 1.80. The van der Waals surface area contributed by atoms with Crippen LogP contribution in [0.25, 0.3) is 0 Å². The molecule has 28 heavy (non-hydrogen) atoms. The molecule has 1 N–H and O–H groups in total. The normalized spacial score (nSPS) is 13.4. The van der Waals surface area contributed by atoms with Crippen LogP contribution in [0.4, 0.5) is 15.8 Å². The average Bonchev–Trinajstić information content (AvgIpc) is 2.65. The predicted octanol–water partition coefficient (Wildman–Crippen LogP) is 4.68. The second kappa shape index (κ2) is 8.74. The molecular weight excluding hydrogens is 355 g/mol. The van der Waals surface area contributed by atoms with Crippen LogP contribution in [0.5, 0.6) is 0 Å². The van der Waals surface area contributed by atoms with Gasteiger partial charge in [0.1, 0.15) is 5.82 Å². The molecule has 0 unspecified atom stereocenters. The third kappa shape index (κ3) is 4.36. The summed E-state index contributed by atoms with van der Waals surface area (Å²) in [5.41, 5.74) is 7.75. The number of carbonyl (C=O) groups is 1. The van der Waals surface area contributed by atoms with Crippen LogP contribution in [0.2, 0.25) is 0 Å². The van der Waals surface area contributed by atoms with Crippen LogP contribution in [0, 0.1) is 26.6 Å². The number of ether oxygens (including phenoxy) is 1. The smallest absolute Gasteiger partial charge is 0.226 e. The zero-order chi connectivity index (χ0) is 20.3. The fourth-order valence-electron chi connectivity index (χ4n) is 4.01. The van der Waals surface area contributed by atoms with Crippen LogP contribution in [0.3, 0.4) is 0 Å². The second-order valence-electron chi connectivity index (χ2n) is 7.43. The summed E-state index contributed by atoms with van der Waals surface area (Å²) in [6.45, 7) is 10.7. The molecule has 0 aliphatic carbocycles. The first-order valence-corrected chi connectivity index (χ1v) is 9.91. The van der Waals surface area contributed by atoms with Gasteiger partial charge < -0.3 is 15.0 Å². The SMILES string of the molecule is CCOCCC(=O)Nc1c(C)cc2c(c1C)CCN(c1ccc(F)cc1C)C2. The first kappa shape index (κ1) is 20.3. The van der Waals surface area contributed by atoms with Gasteiger partial charge in [0.05, 0.1) is 13.0 Å². The number of carbonyl (C=O) groups excluding carboxylic acids is 1. The minimum Gasteiger partial charge on any atom is -0.381 e. The second-order valence-corrected chi connectivity index (χ2v) is 7.43. The van der Waals surface area contributed by atoms with E-state index in [1.165, 1.54) is 17.2 Å². The van der Waals surface area contributed by atoms with E-state index in [0.29, 0.717) is 19.6 Å². The van der Waals surface area contributed by atoms with Gasteiger partial charge >= 0.3 is 0 Å². The largest absolute Gasteiger partial charge is 0.381 e. The quantitative estimate of drug-likeness (QED) is 0.736. The summed E-state index contributed by atoms with van der Waals surface area (Å²) in [5.74, 6) is -0.214. The minimum atomic E-state index is -0.199. The summed E-state index contributed by atoms with van der Waals surface area (Å²) in [7, 11) is 0. The van der Waals surface area contributed by atoms with Crippen molar-refractivity contribution in [2.45, 2.75) is 47.1 Å². The van der Waals surface area contributed by atoms with Gasteiger partial charge in [-0.1, -0.05) is 6.07 Å². The van der Waals surface area contributed by atoms with Gasteiger partial charge in [0, 0.05) is 31.1 Å². The maximum atomic E-state index is 13.4. The van der Waals surface area contributed by atoms with Crippen LogP contribution in [0.1, 0.15) is 41.2 Å². The Kier molecular flexibility index (Phi) is 6.35. The highest BCUT2D eigenvalue weighted by Gasteiger charge is 2.22. The standard InChI is InChI=1S/C23H29FN2O2/c1-5-28-11-9-22(27)25-23-16(3)12-18-14-26(10-8-20(18)17(23)4)21-7-6-19(24)13-15(21)2/h6-7,12-13H,5,8-11,14H2,1-4H3,(H,25,27). The number of rotatable bonds is 6. The van der Waals surface area contributed by atoms with E-state index in [0.717, 1.165) is 47.6 Å². The van der Waals surface area contributed by atoms with Crippen molar-refractivity contribution in [3.8, 4) is 0 Å². The molecule has 3 rings (SSSR count). The first-order chi connectivity index (χ1) is 13.4. The fraction of sp³-hybridized carbons (Fsp3) is 0.435. The van der Waals surface area contributed by atoms with Crippen molar-refractivity contribution >= 4 is 17.3 Å². The lowest BCUT2D eigenvalue weighted by molar-refractivity contribution is -0.117. The number of amides is 1. The molecule has 1 aliphatic heterocycles. The number of halogens is 1. The Morgan fingerprint density at radius 1 is 1.21 bits per heavy atom. The number of benzene rings is 2. The molecule has 0 spiro atoms. The van der Waals surface area contributed by atoms with Gasteiger partial charge in [-0.2, -0.15) is 0 Å². The van der Waals surface area contributed by atoms with Crippen molar-refractivity contribution in [3.05, 3.63) is 57.9 Å². The number of fused-ring (bicyclic) bond motifs is 1. The third-order valence-electron chi connectivity index (χ3n) is 5.43. The van der Waals surface area contributed by atoms with E-state index in [4.69, 9.17) is 4.74 Å². The Labute approximate surface area is 166 Å². The molecule has 1 heterocycles. The van der Waals surface area contributed by atoms with Gasteiger partial charge in [0.25, 0.3) is 0 Å². The van der Waals surface area contributed by atoms with Gasteiger partial charge in [-0.05, 0) is 80.1 Å². The van der Waals surface area contributed by atoms with Gasteiger partial charge in [-0.25, -0.2) is 4.39 Å². The van der Waals surface area contributed by atoms with Crippen molar-refractivity contribution in [2.75, 3.05) is 30.0 Å². The molecule has 0 saturated heterocycles. The summed E-state index contributed by atoms with van der Waals surface area (Å²) >= 11 is 0. The molecule has 0 radical (unpaired) electrons. The summed E-state index contributed by atoms with van der Waals surface area (Å²) in [6, 6.07) is 7.14. The molecule has 0 fully saturated rings. The molecule has 150 valence electrons. The summed E-state index contributed by atoms with van der Waals surface area (Å²) in [4.78, 5) is 14.5. The van der Waals surface area contributed by atoms with Crippen molar-refractivity contribution in [1.82, 2.24) is 0 Å². The Bertz CT molecular complexity index is 879. The highest BCUT2D eigenvalue weighted by molar-refractivity contribution is 5.92. The number of hydrogen-bond donors (Lipinski definition) is 1. The number of nitrogens with one attached hydrogen (secondary N) is 1. The monoisotopic (exact) mass is 384 g/mol. The number of hydrogen-bond acceptors (Lipinski definition) is 3. The molecule has 2 aromatic carbocycles. The van der Waals surface area contributed by atoms with Gasteiger partial charge in [-0.15, -0.1) is 0 Å². The molecule has 1 amide bonds. The van der Waals surface area contributed by atoms with Gasteiger partial charge in [-0.3, -0.25) is 4.79 Å². The van der Waals surface area contributed by atoms with E-state index in [1.807, 2.05) is 26.8 Å². The third-order valence-corrected chi connectivity index (χ3v) is 5.43. The van der Waals surface area contributed by atoms with Gasteiger partial charge in [0.15, 0.2) is 0 Å². The fourth-order valence-corrected chi connectivity index (χ4v) is 4.01. The lowest BCUT2D eigenvalue weighted by Crippen LogP contribution is -2.32. The molecule has 0 bridgehead atoms. The van der Waals surface area contributed by atoms with E-state index < -0.39 is 0 Å². The topological polar surface area (TPSA) is 41.6 Å². The molecule has 5 heteroatoms. The number of anilines is 2. The molecule has 2 aromatic rings. The predicted molar refractivity (Wildman–Crippen MR) is 112 cm³/mol.